The standard InChI is InChI=1S/C32H67NO2S.C3H8S/c1-3-5-7-9-11-13-15-17-19-21-25-31(34)29-33(27-23-24-28-36)30-32(35)26-22-20-18-16-14-12-10-8-6-4-2;1-2-3-4/h31-32,34-36H,3-30H2,1-2H3;4H,2-3H2,1H3. The molecule has 0 aromatic carbocycles. The first kappa shape index (κ1) is 42.7. The minimum Gasteiger partial charge on any atom is -0.392 e. The van der Waals surface area contributed by atoms with E-state index in [9.17, 15) is 10.2 Å². The summed E-state index contributed by atoms with van der Waals surface area (Å²) in [6.07, 6.45) is 31.3. The summed E-state index contributed by atoms with van der Waals surface area (Å²) in [6, 6.07) is 0. The summed E-state index contributed by atoms with van der Waals surface area (Å²) in [5, 5.41) is 21.3. The molecule has 0 aliphatic rings. The Hall–Kier alpha value is 0.580. The molecule has 0 aromatic heterocycles. The lowest BCUT2D eigenvalue weighted by Crippen LogP contribution is -2.38. The molecule has 0 heterocycles. The molecule has 5 heteroatoms. The fourth-order valence-electron chi connectivity index (χ4n) is 5.22. The molecule has 244 valence electrons. The SMILES string of the molecule is CCCCCCCCCCCCC(O)CN(CCCCS)CC(O)CCCCCCCCCCCC.CCCS. The van der Waals surface area contributed by atoms with Crippen LogP contribution >= 0.6 is 25.3 Å². The molecule has 0 aliphatic carbocycles. The van der Waals surface area contributed by atoms with Crippen molar-refractivity contribution in [2.24, 2.45) is 0 Å². The van der Waals surface area contributed by atoms with E-state index < -0.39 is 0 Å². The molecule has 0 bridgehead atoms. The topological polar surface area (TPSA) is 43.7 Å². The van der Waals surface area contributed by atoms with Crippen molar-refractivity contribution in [1.29, 1.82) is 0 Å². The van der Waals surface area contributed by atoms with Crippen LogP contribution in [0.2, 0.25) is 0 Å². The Kier molecular flexibility index (Phi) is 40.2. The average Bonchev–Trinajstić information content (AvgIpc) is 2.95. The van der Waals surface area contributed by atoms with E-state index in [-0.39, 0.29) is 12.2 Å². The van der Waals surface area contributed by atoms with Crippen molar-refractivity contribution >= 4 is 25.3 Å². The van der Waals surface area contributed by atoms with Gasteiger partial charge in [0.25, 0.3) is 0 Å². The van der Waals surface area contributed by atoms with Gasteiger partial charge >= 0.3 is 0 Å². The normalized spacial score (nSPS) is 12.9. The number of hydrogen-bond donors (Lipinski definition) is 4. The summed E-state index contributed by atoms with van der Waals surface area (Å²) in [4.78, 5) is 2.31. The molecule has 40 heavy (non-hydrogen) atoms. The first-order chi connectivity index (χ1) is 19.5. The highest BCUT2D eigenvalue weighted by Gasteiger charge is 2.15. The number of hydrogen-bond acceptors (Lipinski definition) is 5. The van der Waals surface area contributed by atoms with Gasteiger partial charge in [-0.15, -0.1) is 0 Å². The maximum atomic E-state index is 10.6. The van der Waals surface area contributed by atoms with Crippen LogP contribution in [-0.2, 0) is 0 Å². The van der Waals surface area contributed by atoms with Gasteiger partial charge in [0, 0.05) is 13.1 Å². The van der Waals surface area contributed by atoms with Crippen LogP contribution in [0.15, 0.2) is 0 Å². The summed E-state index contributed by atoms with van der Waals surface area (Å²) in [7, 11) is 0. The van der Waals surface area contributed by atoms with E-state index in [1.54, 1.807) is 0 Å². The van der Waals surface area contributed by atoms with Gasteiger partial charge in [-0.25, -0.2) is 0 Å². The van der Waals surface area contributed by atoms with Gasteiger partial charge in [0.2, 0.25) is 0 Å². The van der Waals surface area contributed by atoms with Gasteiger partial charge in [-0.05, 0) is 50.2 Å². The number of aliphatic hydroxyl groups excluding tert-OH is 2. The minimum absolute atomic E-state index is 0.264. The van der Waals surface area contributed by atoms with Crippen LogP contribution in [0.3, 0.4) is 0 Å². The van der Waals surface area contributed by atoms with Gasteiger partial charge in [0.15, 0.2) is 0 Å². The second-order valence-corrected chi connectivity index (χ2v) is 13.1. The summed E-state index contributed by atoms with van der Waals surface area (Å²) in [5.41, 5.74) is 0. The van der Waals surface area contributed by atoms with Crippen molar-refractivity contribution < 1.29 is 10.2 Å². The molecule has 2 unspecified atom stereocenters. The van der Waals surface area contributed by atoms with Crippen molar-refractivity contribution in [3.63, 3.8) is 0 Å². The zero-order valence-electron chi connectivity index (χ0n) is 27.6. The van der Waals surface area contributed by atoms with Gasteiger partial charge in [0.1, 0.15) is 0 Å². The van der Waals surface area contributed by atoms with Crippen LogP contribution in [0.4, 0.5) is 0 Å². The van der Waals surface area contributed by atoms with Crippen molar-refractivity contribution in [1.82, 2.24) is 4.90 Å². The highest BCUT2D eigenvalue weighted by atomic mass is 32.1. The molecule has 2 N–H and O–H groups in total. The minimum atomic E-state index is -0.264. The van der Waals surface area contributed by atoms with E-state index in [0.29, 0.717) is 13.1 Å². The average molecular weight is 606 g/mol. The first-order valence-corrected chi connectivity index (χ1v) is 19.1. The molecule has 0 saturated carbocycles. The van der Waals surface area contributed by atoms with Crippen molar-refractivity contribution in [3.05, 3.63) is 0 Å². The predicted octanol–water partition coefficient (Wildman–Crippen LogP) is 10.7. The zero-order chi connectivity index (χ0) is 29.9. The van der Waals surface area contributed by atoms with Gasteiger partial charge < -0.3 is 10.2 Å². The number of aliphatic hydroxyl groups is 2. The van der Waals surface area contributed by atoms with E-state index in [1.165, 1.54) is 122 Å². The third-order valence-electron chi connectivity index (χ3n) is 7.83. The molecule has 0 spiro atoms. The number of nitrogens with zero attached hydrogens (tertiary/aromatic N) is 1. The summed E-state index contributed by atoms with van der Waals surface area (Å²) in [6.45, 7) is 9.03. The predicted molar refractivity (Wildman–Crippen MR) is 189 cm³/mol. The third kappa shape index (κ3) is 36.6. The largest absolute Gasteiger partial charge is 0.392 e. The molecule has 2 atom stereocenters. The van der Waals surface area contributed by atoms with Crippen LogP contribution in [0.5, 0.6) is 0 Å². The molecule has 0 saturated heterocycles. The summed E-state index contributed by atoms with van der Waals surface area (Å²) in [5.74, 6) is 1.93. The Morgan fingerprint density at radius 3 is 1.05 bits per heavy atom. The van der Waals surface area contributed by atoms with Gasteiger partial charge in [-0.1, -0.05) is 149 Å². The molecule has 0 rings (SSSR count). The summed E-state index contributed by atoms with van der Waals surface area (Å²) < 4.78 is 0. The molecule has 0 fully saturated rings. The molecule has 3 nitrogen and oxygen atoms in total. The molecule has 0 radical (unpaired) electrons. The van der Waals surface area contributed by atoms with Crippen LogP contribution in [-0.4, -0.2) is 58.5 Å². The van der Waals surface area contributed by atoms with Crippen molar-refractivity contribution in [2.45, 2.75) is 193 Å². The van der Waals surface area contributed by atoms with Gasteiger partial charge in [0.05, 0.1) is 12.2 Å². The molecule has 0 aromatic rings. The Morgan fingerprint density at radius 1 is 0.425 bits per heavy atom. The second-order valence-electron chi connectivity index (χ2n) is 12.2. The molecular formula is C35H75NO2S2. The maximum Gasteiger partial charge on any atom is 0.0667 e. The number of unbranched alkanes of at least 4 members (excludes halogenated alkanes) is 19. The van der Waals surface area contributed by atoms with Gasteiger partial charge in [-0.3, -0.25) is 4.90 Å². The Labute approximate surface area is 264 Å². The Bertz CT molecular complexity index is 408. The third-order valence-corrected chi connectivity index (χ3v) is 8.59. The summed E-state index contributed by atoms with van der Waals surface area (Å²) >= 11 is 8.27. The molecule has 0 aliphatic heterocycles. The smallest absolute Gasteiger partial charge is 0.0667 e. The van der Waals surface area contributed by atoms with Crippen LogP contribution < -0.4 is 0 Å². The van der Waals surface area contributed by atoms with Gasteiger partial charge in [-0.2, -0.15) is 25.3 Å². The van der Waals surface area contributed by atoms with Crippen LogP contribution in [0.25, 0.3) is 0 Å². The lowest BCUT2D eigenvalue weighted by Gasteiger charge is -2.27. The van der Waals surface area contributed by atoms with Crippen LogP contribution in [0.1, 0.15) is 181 Å². The number of thiol groups is 2. The van der Waals surface area contributed by atoms with E-state index in [4.69, 9.17) is 0 Å². The Morgan fingerprint density at radius 2 is 0.750 bits per heavy atom. The second kappa shape index (κ2) is 37.6. The maximum absolute atomic E-state index is 10.6. The quantitative estimate of drug-likeness (QED) is 0.0469. The molecule has 0 amide bonds. The molecular weight excluding hydrogens is 531 g/mol. The van der Waals surface area contributed by atoms with E-state index >= 15 is 0 Å². The van der Waals surface area contributed by atoms with Crippen molar-refractivity contribution in [2.75, 3.05) is 31.1 Å². The fourth-order valence-corrected chi connectivity index (χ4v) is 5.44. The monoisotopic (exact) mass is 606 g/mol. The number of rotatable bonds is 31. The first-order valence-electron chi connectivity index (χ1n) is 17.9. The van der Waals surface area contributed by atoms with Crippen LogP contribution in [0, 0.1) is 0 Å². The highest BCUT2D eigenvalue weighted by molar-refractivity contribution is 7.80. The van der Waals surface area contributed by atoms with E-state index in [0.717, 1.165) is 56.6 Å². The van der Waals surface area contributed by atoms with E-state index in [1.807, 2.05) is 0 Å². The lowest BCUT2D eigenvalue weighted by atomic mass is 10.0. The zero-order valence-corrected chi connectivity index (χ0v) is 29.4. The van der Waals surface area contributed by atoms with E-state index in [2.05, 4.69) is 50.9 Å². The Balaban J connectivity index is 0. The fraction of sp³-hybridized carbons (Fsp3) is 1.00. The highest BCUT2D eigenvalue weighted by Crippen LogP contribution is 2.15. The lowest BCUT2D eigenvalue weighted by molar-refractivity contribution is 0.0599. The van der Waals surface area contributed by atoms with Crippen molar-refractivity contribution in [3.8, 4) is 0 Å².